The van der Waals surface area contributed by atoms with Crippen molar-refractivity contribution >= 4 is 18.0 Å². The van der Waals surface area contributed by atoms with Gasteiger partial charge < -0.3 is 14.5 Å². The van der Waals surface area contributed by atoms with Gasteiger partial charge in [-0.3, -0.25) is 4.79 Å². The lowest BCUT2D eigenvalue weighted by atomic mass is 10.1. The van der Waals surface area contributed by atoms with Crippen LogP contribution in [0.2, 0.25) is 0 Å². The van der Waals surface area contributed by atoms with Crippen molar-refractivity contribution in [2.24, 2.45) is 0 Å². The van der Waals surface area contributed by atoms with Crippen LogP contribution in [0, 0.1) is 11.3 Å². The maximum Gasteiger partial charge on any atom is 0.379 e. The lowest BCUT2D eigenvalue weighted by Gasteiger charge is -2.04. The lowest BCUT2D eigenvalue weighted by molar-refractivity contribution is -0.117. The van der Waals surface area contributed by atoms with Crippen molar-refractivity contribution in [1.82, 2.24) is 5.32 Å². The molecular weight excluding hydrogens is 308 g/mol. The van der Waals surface area contributed by atoms with Crippen LogP contribution in [0.15, 0.2) is 52.7 Å². The fourth-order valence-corrected chi connectivity index (χ4v) is 2.03. The van der Waals surface area contributed by atoms with Crippen molar-refractivity contribution in [3.63, 3.8) is 0 Å². The molecule has 0 spiro atoms. The second-order valence-corrected chi connectivity index (χ2v) is 5.36. The van der Waals surface area contributed by atoms with E-state index in [1.165, 1.54) is 18.4 Å². The van der Waals surface area contributed by atoms with E-state index >= 15 is 0 Å². The SMILES string of the molecule is N#C/C(=C\c1cccc(OC(=O)c2ccco2)c1)C(=O)NC1CC1. The quantitative estimate of drug-likeness (QED) is 0.395. The highest BCUT2D eigenvalue weighted by Crippen LogP contribution is 2.20. The molecule has 1 saturated carbocycles. The van der Waals surface area contributed by atoms with Crippen molar-refractivity contribution in [2.75, 3.05) is 0 Å². The maximum atomic E-state index is 11.9. The third-order valence-electron chi connectivity index (χ3n) is 3.38. The Hall–Kier alpha value is -3.33. The van der Waals surface area contributed by atoms with Crippen molar-refractivity contribution in [3.8, 4) is 11.8 Å². The molecule has 0 saturated heterocycles. The molecular formula is C18H14N2O4. The Morgan fingerprint density at radius 1 is 1.29 bits per heavy atom. The zero-order valence-corrected chi connectivity index (χ0v) is 12.7. The first kappa shape index (κ1) is 15.6. The van der Waals surface area contributed by atoms with Crippen LogP contribution in [-0.4, -0.2) is 17.9 Å². The van der Waals surface area contributed by atoms with Crippen LogP contribution in [0.5, 0.6) is 5.75 Å². The van der Waals surface area contributed by atoms with Crippen LogP contribution in [-0.2, 0) is 4.79 Å². The largest absolute Gasteiger partial charge is 0.457 e. The molecule has 1 aromatic heterocycles. The van der Waals surface area contributed by atoms with Gasteiger partial charge >= 0.3 is 5.97 Å². The van der Waals surface area contributed by atoms with Gasteiger partial charge in [0.2, 0.25) is 5.76 Å². The Morgan fingerprint density at radius 2 is 2.12 bits per heavy atom. The van der Waals surface area contributed by atoms with Crippen LogP contribution in [0.4, 0.5) is 0 Å². The molecule has 1 aliphatic carbocycles. The summed E-state index contributed by atoms with van der Waals surface area (Å²) in [5.41, 5.74) is 0.596. The predicted octanol–water partition coefficient (Wildman–Crippen LogP) is 2.68. The number of hydrogen-bond donors (Lipinski definition) is 1. The summed E-state index contributed by atoms with van der Waals surface area (Å²) in [5.74, 6) is -0.617. The Morgan fingerprint density at radius 3 is 2.79 bits per heavy atom. The normalized spacial score (nSPS) is 13.9. The molecule has 1 amide bonds. The summed E-state index contributed by atoms with van der Waals surface area (Å²) in [6.07, 6.45) is 4.74. The summed E-state index contributed by atoms with van der Waals surface area (Å²) in [6.45, 7) is 0. The number of carbonyl (C=O) groups excluding carboxylic acids is 2. The van der Waals surface area contributed by atoms with E-state index in [1.54, 1.807) is 30.3 Å². The van der Waals surface area contributed by atoms with Gasteiger partial charge in [-0.2, -0.15) is 5.26 Å². The minimum atomic E-state index is -0.617. The molecule has 0 bridgehead atoms. The van der Waals surface area contributed by atoms with E-state index in [0.717, 1.165) is 12.8 Å². The first-order valence-electron chi connectivity index (χ1n) is 7.44. The highest BCUT2D eigenvalue weighted by molar-refractivity contribution is 6.02. The van der Waals surface area contributed by atoms with Crippen molar-refractivity contribution in [2.45, 2.75) is 18.9 Å². The van der Waals surface area contributed by atoms with Crippen LogP contribution >= 0.6 is 0 Å². The minimum Gasteiger partial charge on any atom is -0.457 e. The van der Waals surface area contributed by atoms with Crippen LogP contribution in [0.25, 0.3) is 6.08 Å². The Labute approximate surface area is 138 Å². The van der Waals surface area contributed by atoms with Gasteiger partial charge in [0.25, 0.3) is 5.91 Å². The Balaban J connectivity index is 1.74. The zero-order valence-electron chi connectivity index (χ0n) is 12.7. The number of esters is 1. The third kappa shape index (κ3) is 3.90. The molecule has 0 aliphatic heterocycles. The molecule has 0 unspecified atom stereocenters. The lowest BCUT2D eigenvalue weighted by Crippen LogP contribution is -2.26. The minimum absolute atomic E-state index is 0.0106. The summed E-state index contributed by atoms with van der Waals surface area (Å²) in [4.78, 5) is 23.8. The van der Waals surface area contributed by atoms with Gasteiger partial charge in [-0.25, -0.2) is 4.79 Å². The number of hydrogen-bond acceptors (Lipinski definition) is 5. The third-order valence-corrected chi connectivity index (χ3v) is 3.38. The molecule has 6 heteroatoms. The van der Waals surface area contributed by atoms with Gasteiger partial charge in [0.15, 0.2) is 0 Å². The number of furan rings is 1. The first-order chi connectivity index (χ1) is 11.7. The number of nitriles is 1. The zero-order chi connectivity index (χ0) is 16.9. The highest BCUT2D eigenvalue weighted by Gasteiger charge is 2.24. The predicted molar refractivity (Wildman–Crippen MR) is 84.9 cm³/mol. The molecule has 6 nitrogen and oxygen atoms in total. The monoisotopic (exact) mass is 322 g/mol. The molecule has 0 radical (unpaired) electrons. The van der Waals surface area contributed by atoms with Crippen LogP contribution < -0.4 is 10.1 Å². The van der Waals surface area contributed by atoms with Gasteiger partial charge in [0.05, 0.1) is 6.26 Å². The number of benzene rings is 1. The van der Waals surface area contributed by atoms with E-state index in [-0.39, 0.29) is 17.4 Å². The molecule has 3 rings (SSSR count). The van der Waals surface area contributed by atoms with Crippen molar-refractivity contribution in [3.05, 3.63) is 59.6 Å². The number of rotatable bonds is 5. The van der Waals surface area contributed by atoms with Crippen LogP contribution in [0.3, 0.4) is 0 Å². The van der Waals surface area contributed by atoms with Crippen LogP contribution in [0.1, 0.15) is 29.0 Å². The topological polar surface area (TPSA) is 92.3 Å². The van der Waals surface area contributed by atoms with E-state index in [4.69, 9.17) is 14.4 Å². The molecule has 1 N–H and O–H groups in total. The van der Waals surface area contributed by atoms with Crippen molar-refractivity contribution < 1.29 is 18.7 Å². The molecule has 1 fully saturated rings. The Kier molecular flexibility index (Phi) is 4.43. The fourth-order valence-electron chi connectivity index (χ4n) is 2.03. The summed E-state index contributed by atoms with van der Waals surface area (Å²) < 4.78 is 10.2. The van der Waals surface area contributed by atoms with Gasteiger partial charge in [-0.1, -0.05) is 12.1 Å². The Bertz CT molecular complexity index is 827. The van der Waals surface area contributed by atoms with E-state index in [9.17, 15) is 9.59 Å². The van der Waals surface area contributed by atoms with Gasteiger partial charge in [0, 0.05) is 6.04 Å². The van der Waals surface area contributed by atoms with Gasteiger partial charge in [0.1, 0.15) is 17.4 Å². The highest BCUT2D eigenvalue weighted by atomic mass is 16.5. The molecule has 1 aromatic carbocycles. The molecule has 1 aliphatic rings. The number of carbonyl (C=O) groups is 2. The molecule has 2 aromatic rings. The second-order valence-electron chi connectivity index (χ2n) is 5.36. The summed E-state index contributed by atoms with van der Waals surface area (Å²) >= 11 is 0. The standard InChI is InChI=1S/C18H14N2O4/c19-11-13(17(21)20-14-6-7-14)9-12-3-1-4-15(10-12)24-18(22)16-5-2-8-23-16/h1-5,8-10,14H,6-7H2,(H,20,21)/b13-9+. The maximum absolute atomic E-state index is 11.9. The van der Waals surface area contributed by atoms with Gasteiger partial charge in [-0.05, 0) is 48.7 Å². The number of nitrogens with one attached hydrogen (secondary N) is 1. The van der Waals surface area contributed by atoms with Crippen molar-refractivity contribution in [1.29, 1.82) is 5.26 Å². The smallest absolute Gasteiger partial charge is 0.379 e. The van der Waals surface area contributed by atoms with E-state index in [2.05, 4.69) is 5.32 Å². The fraction of sp³-hybridized carbons (Fsp3) is 0.167. The first-order valence-corrected chi connectivity index (χ1v) is 7.44. The molecule has 1 heterocycles. The number of ether oxygens (including phenoxy) is 1. The average Bonchev–Trinajstić information content (AvgIpc) is 3.21. The van der Waals surface area contributed by atoms with E-state index in [0.29, 0.717) is 11.3 Å². The van der Waals surface area contributed by atoms with E-state index < -0.39 is 11.9 Å². The van der Waals surface area contributed by atoms with E-state index in [1.807, 2.05) is 6.07 Å². The number of amides is 1. The summed E-state index contributed by atoms with van der Waals surface area (Å²) in [7, 11) is 0. The summed E-state index contributed by atoms with van der Waals surface area (Å²) in [5, 5.41) is 11.9. The summed E-state index contributed by atoms with van der Waals surface area (Å²) in [6, 6.07) is 11.7. The number of nitrogens with zero attached hydrogens (tertiary/aromatic N) is 1. The molecule has 0 atom stereocenters. The molecule has 120 valence electrons. The van der Waals surface area contributed by atoms with Gasteiger partial charge in [-0.15, -0.1) is 0 Å². The second kappa shape index (κ2) is 6.84. The molecule has 24 heavy (non-hydrogen) atoms. The average molecular weight is 322 g/mol.